The molecule has 0 aromatic heterocycles. The van der Waals surface area contributed by atoms with Crippen molar-refractivity contribution >= 4 is 62.5 Å². The van der Waals surface area contributed by atoms with Gasteiger partial charge in [-0.3, -0.25) is 0 Å². The topological polar surface area (TPSA) is 302 Å². The van der Waals surface area contributed by atoms with Gasteiger partial charge in [-0.15, -0.1) is 0 Å². The molecule has 0 saturated carbocycles. The van der Waals surface area contributed by atoms with E-state index < -0.39 is 43.6 Å². The summed E-state index contributed by atoms with van der Waals surface area (Å²) >= 11 is 0. The molecule has 0 rings (SSSR count). The second kappa shape index (κ2) is 16.9. The van der Waals surface area contributed by atoms with Crippen molar-refractivity contribution in [3.05, 3.63) is 0 Å². The molecule has 0 aliphatic carbocycles. The van der Waals surface area contributed by atoms with Crippen molar-refractivity contribution in [3.8, 4) is 0 Å². The number of hydrogen-bond acceptors (Lipinski definition) is 7. The van der Waals surface area contributed by atoms with E-state index in [2.05, 4.69) is 0 Å². The van der Waals surface area contributed by atoms with Crippen LogP contribution < -0.4 is 0 Å². The predicted octanol–water partition coefficient (Wildman–Crippen LogP) is -4.11. The van der Waals surface area contributed by atoms with E-state index in [0.717, 1.165) is 0 Å². The fourth-order valence-corrected chi connectivity index (χ4v) is 0. The molecule has 0 spiro atoms. The minimum absolute atomic E-state index is 0. The second-order valence-corrected chi connectivity index (χ2v) is 3.37. The fourth-order valence-electron chi connectivity index (χ4n) is 0. The molecular formula is C6H10LiO16P. The maximum atomic E-state index is 9.10. The van der Waals surface area contributed by atoms with Crippen molar-refractivity contribution in [2.24, 2.45) is 0 Å². The first-order valence-electron chi connectivity index (χ1n) is 4.10. The second-order valence-electron chi connectivity index (χ2n) is 2.34. The fraction of sp³-hybridized carbons (Fsp3) is 0. The van der Waals surface area contributed by atoms with Gasteiger partial charge in [0.1, 0.15) is 0 Å². The van der Waals surface area contributed by atoms with Crippen LogP contribution in [0.25, 0.3) is 0 Å². The van der Waals surface area contributed by atoms with E-state index >= 15 is 0 Å². The van der Waals surface area contributed by atoms with Crippen LogP contribution >= 0.6 is 7.82 Å². The van der Waals surface area contributed by atoms with Crippen LogP contribution in [-0.2, 0) is 33.3 Å². The normalized spacial score (nSPS) is 7.96. The van der Waals surface area contributed by atoms with Gasteiger partial charge in [0.25, 0.3) is 0 Å². The summed E-state index contributed by atoms with van der Waals surface area (Å²) in [6, 6.07) is 0. The maximum absolute atomic E-state index is 9.10. The number of carboxylic acid groups (broad SMARTS) is 6. The molecule has 0 aliphatic rings. The molecule has 24 heavy (non-hydrogen) atoms. The summed E-state index contributed by atoms with van der Waals surface area (Å²) < 4.78 is 8.88. The van der Waals surface area contributed by atoms with E-state index in [0.29, 0.717) is 0 Å². The van der Waals surface area contributed by atoms with E-state index in [1.54, 1.807) is 0 Å². The van der Waals surface area contributed by atoms with Crippen LogP contribution in [0.15, 0.2) is 0 Å². The van der Waals surface area contributed by atoms with Crippen LogP contribution in [0.3, 0.4) is 0 Å². The van der Waals surface area contributed by atoms with Crippen molar-refractivity contribution in [3.63, 3.8) is 0 Å². The third kappa shape index (κ3) is 73.8. The average Bonchev–Trinajstić information content (AvgIpc) is 2.27. The SMILES string of the molecule is O=C(O)C(=O)O.O=C(O)C(=O)O.O=C(O)C(=O)O.O=P(O)(O)O.[LiH]. The minimum atomic E-state index is -4.64. The van der Waals surface area contributed by atoms with E-state index in [1.807, 2.05) is 0 Å². The molecule has 0 fully saturated rings. The molecule has 0 unspecified atom stereocenters. The molecule has 0 aromatic carbocycles. The summed E-state index contributed by atoms with van der Waals surface area (Å²) in [5, 5.41) is 44.3. The van der Waals surface area contributed by atoms with Gasteiger partial charge in [0, 0.05) is 0 Å². The van der Waals surface area contributed by atoms with Gasteiger partial charge in [-0.25, -0.2) is 33.3 Å². The Labute approximate surface area is 142 Å². The van der Waals surface area contributed by atoms with Crippen LogP contribution in [0, 0.1) is 0 Å². The van der Waals surface area contributed by atoms with E-state index in [9.17, 15) is 0 Å². The van der Waals surface area contributed by atoms with Crippen molar-refractivity contribution < 1.29 is 78.7 Å². The van der Waals surface area contributed by atoms with Crippen molar-refractivity contribution in [1.82, 2.24) is 0 Å². The Balaban J connectivity index is -0.0000000661. The Kier molecular flexibility index (Phi) is 23.4. The first-order valence-corrected chi connectivity index (χ1v) is 5.66. The first-order chi connectivity index (χ1) is 9.93. The molecule has 0 saturated heterocycles. The predicted molar refractivity (Wildman–Crippen MR) is 67.2 cm³/mol. The number of hydrogen-bond donors (Lipinski definition) is 9. The molecule has 0 bridgehead atoms. The van der Waals surface area contributed by atoms with E-state index in [4.69, 9.17) is 78.7 Å². The van der Waals surface area contributed by atoms with Crippen molar-refractivity contribution in [1.29, 1.82) is 0 Å². The number of carboxylic acids is 6. The third-order valence-corrected chi connectivity index (χ3v) is 0.549. The molecule has 0 aliphatic heterocycles. The van der Waals surface area contributed by atoms with Gasteiger partial charge in [0.2, 0.25) is 0 Å². The molecule has 16 nitrogen and oxygen atoms in total. The number of phosphoric acid groups is 1. The molecule has 136 valence electrons. The van der Waals surface area contributed by atoms with Gasteiger partial charge >= 0.3 is 62.5 Å². The molecule has 0 atom stereocenters. The summed E-state index contributed by atoms with van der Waals surface area (Å²) in [5.74, 6) is -10.9. The molecule has 0 aromatic rings. The van der Waals surface area contributed by atoms with E-state index in [-0.39, 0.29) is 18.9 Å². The van der Waals surface area contributed by atoms with Crippen LogP contribution in [0.4, 0.5) is 0 Å². The summed E-state index contributed by atoms with van der Waals surface area (Å²) in [5.41, 5.74) is 0. The van der Waals surface area contributed by atoms with Crippen molar-refractivity contribution in [2.75, 3.05) is 0 Å². The summed E-state index contributed by atoms with van der Waals surface area (Å²) in [4.78, 5) is 76.2. The van der Waals surface area contributed by atoms with Crippen LogP contribution in [0.5, 0.6) is 0 Å². The number of aliphatic carboxylic acids is 6. The van der Waals surface area contributed by atoms with Gasteiger partial charge in [0.15, 0.2) is 0 Å². The summed E-state index contributed by atoms with van der Waals surface area (Å²) in [7, 11) is -4.64. The summed E-state index contributed by atoms with van der Waals surface area (Å²) in [6.45, 7) is 0. The van der Waals surface area contributed by atoms with Gasteiger partial charge in [-0.2, -0.15) is 0 Å². The molecular weight excluding hydrogens is 366 g/mol. The number of carbonyl (C=O) groups is 6. The Hall–Kier alpha value is -2.47. The Bertz CT molecular complexity index is 401. The molecule has 0 radical (unpaired) electrons. The van der Waals surface area contributed by atoms with E-state index in [1.165, 1.54) is 0 Å². The summed E-state index contributed by atoms with van der Waals surface area (Å²) in [6.07, 6.45) is 0. The zero-order valence-corrected chi connectivity index (χ0v) is 11.2. The zero-order chi connectivity index (χ0) is 20.0. The van der Waals surface area contributed by atoms with Gasteiger partial charge in [-0.1, -0.05) is 0 Å². The zero-order valence-electron chi connectivity index (χ0n) is 10.3. The monoisotopic (exact) mass is 376 g/mol. The quantitative estimate of drug-likeness (QED) is 0.110. The Morgan fingerprint density at radius 1 is 0.458 bits per heavy atom. The molecule has 0 amide bonds. The van der Waals surface area contributed by atoms with Crippen LogP contribution in [-0.4, -0.2) is 100.0 Å². The van der Waals surface area contributed by atoms with Gasteiger partial charge < -0.3 is 45.3 Å². The molecule has 18 heteroatoms. The Morgan fingerprint density at radius 3 is 0.500 bits per heavy atom. The average molecular weight is 376 g/mol. The van der Waals surface area contributed by atoms with Gasteiger partial charge in [-0.05, 0) is 0 Å². The number of rotatable bonds is 0. The molecule has 9 N–H and O–H groups in total. The third-order valence-electron chi connectivity index (χ3n) is 0.549. The van der Waals surface area contributed by atoms with Crippen LogP contribution in [0.1, 0.15) is 0 Å². The van der Waals surface area contributed by atoms with Gasteiger partial charge in [0.05, 0.1) is 0 Å². The molecule has 0 heterocycles. The standard InChI is InChI=1S/3C2H2O4.Li.H3O4P.H/c3*3-1(4)2(5)6;;1-5(2,3)4;/h3*(H,3,4)(H,5,6);;(H3,1,2,3,4);. The Morgan fingerprint density at radius 2 is 0.500 bits per heavy atom. The first kappa shape index (κ1) is 33.2. The van der Waals surface area contributed by atoms with Crippen molar-refractivity contribution in [2.45, 2.75) is 0 Å². The van der Waals surface area contributed by atoms with Crippen LogP contribution in [0.2, 0.25) is 0 Å².